The molecule has 0 spiro atoms. The van der Waals surface area contributed by atoms with Gasteiger partial charge in [0.15, 0.2) is 0 Å². The summed E-state index contributed by atoms with van der Waals surface area (Å²) in [5, 5.41) is 23.2. The number of nitrogens with one attached hydrogen (secondary N) is 2. The van der Waals surface area contributed by atoms with Crippen molar-refractivity contribution in [2.75, 3.05) is 12.3 Å². The van der Waals surface area contributed by atoms with Gasteiger partial charge in [-0.05, 0) is 25.8 Å². The Bertz CT molecular complexity index is 1820. The third-order valence-corrected chi connectivity index (χ3v) is 6.03. The zero-order valence-corrected chi connectivity index (χ0v) is 19.9. The Hall–Kier alpha value is -4.74. The Balaban J connectivity index is 1.84. The molecule has 0 aliphatic heterocycles. The number of nitrogens with two attached hydrogens (primary N) is 1. The van der Waals surface area contributed by atoms with E-state index in [-0.39, 0.29) is 74.3 Å². The van der Waals surface area contributed by atoms with E-state index in [4.69, 9.17) is 14.6 Å². The number of pyridine rings is 1. The summed E-state index contributed by atoms with van der Waals surface area (Å²) in [6.45, 7) is -1.20. The lowest BCUT2D eigenvalue weighted by molar-refractivity contribution is 0.302. The quantitative estimate of drug-likeness (QED) is 0.342. The van der Waals surface area contributed by atoms with Crippen LogP contribution < -0.4 is 21.3 Å². The van der Waals surface area contributed by atoms with E-state index in [1.165, 1.54) is 23.0 Å². The average Bonchev–Trinajstić information content (AvgIpc) is 3.63. The van der Waals surface area contributed by atoms with E-state index in [0.29, 0.717) is 0 Å². The van der Waals surface area contributed by atoms with Crippen molar-refractivity contribution in [1.82, 2.24) is 25.0 Å². The van der Waals surface area contributed by atoms with E-state index in [9.17, 15) is 10.1 Å². The highest BCUT2D eigenvalue weighted by Gasteiger charge is 2.30. The maximum absolute atomic E-state index is 16.1. The number of nitriles is 1. The third-order valence-electron chi connectivity index (χ3n) is 6.03. The third kappa shape index (κ3) is 4.05. The van der Waals surface area contributed by atoms with Crippen LogP contribution in [0.2, 0.25) is 0 Å². The number of aromatic amines is 1. The summed E-state index contributed by atoms with van der Waals surface area (Å²) in [5.41, 5.74) is 5.94. The summed E-state index contributed by atoms with van der Waals surface area (Å²) in [7, 11) is 1.57. The summed E-state index contributed by atoms with van der Waals surface area (Å²) in [5.74, 6) is 4.62. The minimum absolute atomic E-state index is 0.0386. The van der Waals surface area contributed by atoms with E-state index in [0.717, 1.165) is 12.8 Å². The molecular weight excluding hydrogens is 475 g/mol. The number of benzene rings is 1. The van der Waals surface area contributed by atoms with Crippen molar-refractivity contribution < 1.29 is 13.2 Å². The van der Waals surface area contributed by atoms with Crippen molar-refractivity contribution in [2.45, 2.75) is 32.4 Å². The van der Waals surface area contributed by atoms with Crippen LogP contribution in [0, 0.1) is 29.0 Å². The molecule has 10 nitrogen and oxygen atoms in total. The first-order valence-electron chi connectivity index (χ1n) is 12.9. The second-order valence-electron chi connectivity index (χ2n) is 8.43. The van der Waals surface area contributed by atoms with E-state index < -0.39 is 18.4 Å². The van der Waals surface area contributed by atoms with Crippen molar-refractivity contribution in [3.63, 3.8) is 0 Å². The lowest BCUT2D eigenvalue weighted by atomic mass is 9.95. The van der Waals surface area contributed by atoms with Gasteiger partial charge in [0.1, 0.15) is 29.0 Å². The number of fused-ring (bicyclic) bond motifs is 1. The number of anilines is 1. The van der Waals surface area contributed by atoms with Gasteiger partial charge in [-0.1, -0.05) is 5.92 Å². The molecule has 4 aromatic rings. The maximum atomic E-state index is 16.1. The van der Waals surface area contributed by atoms with E-state index in [1.807, 2.05) is 0 Å². The fraction of sp³-hybridized carbons (Fsp3) is 0.269. The van der Waals surface area contributed by atoms with Gasteiger partial charge in [-0.15, -0.1) is 5.92 Å². The molecule has 3 heterocycles. The molecule has 5 rings (SSSR count). The summed E-state index contributed by atoms with van der Waals surface area (Å²) in [4.78, 5) is 17.1. The molecule has 0 bridgehead atoms. The first-order chi connectivity index (χ1) is 19.1. The van der Waals surface area contributed by atoms with Crippen molar-refractivity contribution in [3.8, 4) is 46.2 Å². The van der Waals surface area contributed by atoms with Gasteiger partial charge >= 0.3 is 0 Å². The van der Waals surface area contributed by atoms with Gasteiger partial charge < -0.3 is 15.8 Å². The largest absolute Gasteiger partial charge is 0.489 e. The normalized spacial score (nSPS) is 14.2. The van der Waals surface area contributed by atoms with Crippen molar-refractivity contribution in [1.29, 1.82) is 5.26 Å². The minimum atomic E-state index is -2.70. The van der Waals surface area contributed by atoms with E-state index >= 15 is 4.39 Å². The van der Waals surface area contributed by atoms with Crippen LogP contribution in [-0.4, -0.2) is 38.0 Å². The Labute approximate surface area is 215 Å². The van der Waals surface area contributed by atoms with Gasteiger partial charge in [-0.2, -0.15) is 15.5 Å². The standard InChI is InChI=1S/C26H23FN8O2/c1-4-5-13-8-20(37-14-6-7-14)16(10-28)21(23(13)27)24-17(12-31-35(24)3)18-9-15-19(11-29)33-34-26(36)22(15)25(30-2)32-18/h8-9,12,14H,6-7,11,29H2,1-3H3,(H,30,32)(H,34,36)/i2D3. The SMILES string of the molecule is [2H]C([2H])([2H])Nc1nc(-c2cnn(C)c2-c2c(F)c(C#CC)cc(OC3CC3)c2C#N)cc2c(CN)n[nH]c(=O)c12. The average molecular weight is 502 g/mol. The Morgan fingerprint density at radius 1 is 1.43 bits per heavy atom. The van der Waals surface area contributed by atoms with Gasteiger partial charge in [0.2, 0.25) is 0 Å². The number of ether oxygens (including phenoxy) is 1. The molecule has 1 aliphatic carbocycles. The number of hydrogen-bond donors (Lipinski definition) is 3. The molecule has 4 N–H and O–H groups in total. The molecule has 1 aliphatic rings. The Morgan fingerprint density at radius 3 is 2.92 bits per heavy atom. The molecule has 37 heavy (non-hydrogen) atoms. The molecule has 0 unspecified atom stereocenters. The van der Waals surface area contributed by atoms with Crippen LogP contribution in [0.15, 0.2) is 23.1 Å². The minimum Gasteiger partial charge on any atom is -0.489 e. The van der Waals surface area contributed by atoms with Crippen molar-refractivity contribution >= 4 is 16.6 Å². The predicted molar refractivity (Wildman–Crippen MR) is 136 cm³/mol. The smallest absolute Gasteiger partial charge is 0.275 e. The van der Waals surface area contributed by atoms with E-state index in [1.54, 1.807) is 14.0 Å². The van der Waals surface area contributed by atoms with Crippen LogP contribution in [0.1, 0.15) is 40.7 Å². The molecule has 1 saturated carbocycles. The first kappa shape index (κ1) is 20.5. The summed E-state index contributed by atoms with van der Waals surface area (Å²) < 4.78 is 46.5. The van der Waals surface area contributed by atoms with Crippen LogP contribution in [0.4, 0.5) is 10.2 Å². The molecule has 0 saturated heterocycles. The van der Waals surface area contributed by atoms with Crippen LogP contribution in [0.5, 0.6) is 5.75 Å². The van der Waals surface area contributed by atoms with Gasteiger partial charge in [0.05, 0.1) is 45.9 Å². The van der Waals surface area contributed by atoms with Crippen molar-refractivity contribution in [2.24, 2.45) is 12.8 Å². The predicted octanol–water partition coefficient (Wildman–Crippen LogP) is 2.81. The Kier molecular flexibility index (Phi) is 5.18. The second-order valence-corrected chi connectivity index (χ2v) is 8.43. The molecule has 1 aromatic carbocycles. The van der Waals surface area contributed by atoms with Gasteiger partial charge in [0, 0.05) is 41.7 Å². The number of halogens is 1. The molecule has 186 valence electrons. The topological polar surface area (TPSA) is 148 Å². The second kappa shape index (κ2) is 9.37. The molecular formula is C26H23FN8O2. The fourth-order valence-corrected chi connectivity index (χ4v) is 4.19. The number of aryl methyl sites for hydroxylation is 1. The van der Waals surface area contributed by atoms with Crippen LogP contribution in [0.25, 0.3) is 33.3 Å². The molecule has 0 atom stereocenters. The highest BCUT2D eigenvalue weighted by atomic mass is 19.1. The number of nitrogens with zero attached hydrogens (tertiary/aromatic N) is 5. The van der Waals surface area contributed by atoms with Crippen LogP contribution in [0.3, 0.4) is 0 Å². The van der Waals surface area contributed by atoms with E-state index in [2.05, 4.69) is 43.5 Å². The highest BCUT2D eigenvalue weighted by molar-refractivity contribution is 5.96. The van der Waals surface area contributed by atoms with Gasteiger partial charge in [-0.25, -0.2) is 14.5 Å². The molecule has 0 radical (unpaired) electrons. The molecule has 11 heteroatoms. The number of hydrogen-bond acceptors (Lipinski definition) is 8. The molecule has 1 fully saturated rings. The Morgan fingerprint density at radius 2 is 2.24 bits per heavy atom. The number of aromatic nitrogens is 5. The summed E-state index contributed by atoms with van der Waals surface area (Å²) >= 11 is 0. The summed E-state index contributed by atoms with van der Waals surface area (Å²) in [6.07, 6.45) is 2.97. The number of H-pyrrole nitrogens is 1. The molecule has 0 amide bonds. The summed E-state index contributed by atoms with van der Waals surface area (Å²) in [6, 6.07) is 4.99. The molecule has 3 aromatic heterocycles. The fourth-order valence-electron chi connectivity index (χ4n) is 4.19. The number of rotatable bonds is 6. The van der Waals surface area contributed by atoms with Crippen molar-refractivity contribution in [3.05, 3.63) is 51.3 Å². The maximum Gasteiger partial charge on any atom is 0.275 e. The monoisotopic (exact) mass is 501 g/mol. The lowest BCUT2D eigenvalue weighted by Crippen LogP contribution is -2.15. The zero-order chi connectivity index (χ0) is 28.8. The van der Waals surface area contributed by atoms with Crippen LogP contribution in [-0.2, 0) is 13.6 Å². The highest BCUT2D eigenvalue weighted by Crippen LogP contribution is 2.41. The van der Waals surface area contributed by atoms with Gasteiger partial charge in [-0.3, -0.25) is 9.48 Å². The zero-order valence-electron chi connectivity index (χ0n) is 22.9. The van der Waals surface area contributed by atoms with Crippen LogP contribution >= 0.6 is 0 Å². The first-order valence-corrected chi connectivity index (χ1v) is 11.4. The lowest BCUT2D eigenvalue weighted by Gasteiger charge is -2.16. The van der Waals surface area contributed by atoms with Gasteiger partial charge in [0.25, 0.3) is 5.56 Å².